The van der Waals surface area contributed by atoms with Crippen molar-refractivity contribution < 1.29 is 23.5 Å². The normalized spacial score (nSPS) is 10.4. The average molecular weight is 525 g/mol. The number of carbonyl (C=O) groups excluding carboxylic acids is 2. The number of anilines is 1. The molecule has 0 radical (unpaired) electrons. The van der Waals surface area contributed by atoms with Gasteiger partial charge in [0.25, 0.3) is 0 Å². The number of benzene rings is 3. The second-order valence-electron chi connectivity index (χ2n) is 6.76. The van der Waals surface area contributed by atoms with Gasteiger partial charge >= 0.3 is 11.8 Å². The lowest BCUT2D eigenvalue weighted by Crippen LogP contribution is -2.32. The summed E-state index contributed by atoms with van der Waals surface area (Å²) in [6.45, 7) is -0.000519. The van der Waals surface area contributed by atoms with Crippen molar-refractivity contribution in [1.29, 1.82) is 5.26 Å². The molecule has 0 aromatic heterocycles. The van der Waals surface area contributed by atoms with Crippen molar-refractivity contribution in [1.82, 2.24) is 5.43 Å². The molecule has 0 aliphatic heterocycles. The maximum absolute atomic E-state index is 13.8. The number of hydrogen-bond donors (Lipinski definition) is 2. The Morgan fingerprint density at radius 3 is 2.56 bits per heavy atom. The van der Waals surface area contributed by atoms with Crippen molar-refractivity contribution in [3.05, 3.63) is 87.6 Å². The third kappa shape index (κ3) is 6.40. The number of amides is 2. The van der Waals surface area contributed by atoms with E-state index >= 15 is 0 Å². The molecular weight excluding hydrogens is 507 g/mol. The van der Waals surface area contributed by atoms with Crippen LogP contribution in [0.4, 0.5) is 10.1 Å². The van der Waals surface area contributed by atoms with Crippen LogP contribution in [0.5, 0.6) is 11.5 Å². The quantitative estimate of drug-likeness (QED) is 0.274. The first-order valence-electron chi connectivity index (χ1n) is 9.79. The molecule has 10 heteroatoms. The molecule has 0 bridgehead atoms. The molecule has 0 saturated carbocycles. The van der Waals surface area contributed by atoms with Crippen LogP contribution in [0.15, 0.2) is 70.2 Å². The fourth-order valence-corrected chi connectivity index (χ4v) is 3.33. The summed E-state index contributed by atoms with van der Waals surface area (Å²) >= 11 is 3.39. The summed E-state index contributed by atoms with van der Waals surface area (Å²) in [5.74, 6) is -1.54. The Morgan fingerprint density at radius 1 is 1.15 bits per heavy atom. The van der Waals surface area contributed by atoms with Crippen molar-refractivity contribution in [2.75, 3.05) is 12.4 Å². The summed E-state index contributed by atoms with van der Waals surface area (Å²) in [5, 5.41) is 15.0. The number of nitrogens with one attached hydrogen (secondary N) is 2. The van der Waals surface area contributed by atoms with E-state index in [1.54, 1.807) is 30.3 Å². The van der Waals surface area contributed by atoms with Crippen LogP contribution in [0, 0.1) is 17.1 Å². The lowest BCUT2D eigenvalue weighted by atomic mass is 10.2. The minimum absolute atomic E-state index is 0.000519. The van der Waals surface area contributed by atoms with E-state index in [-0.39, 0.29) is 12.4 Å². The minimum atomic E-state index is -0.975. The van der Waals surface area contributed by atoms with Crippen LogP contribution in [-0.2, 0) is 16.2 Å². The number of methoxy groups -OCH3 is 1. The maximum Gasteiger partial charge on any atom is 0.329 e. The number of nitrogens with zero attached hydrogens (tertiary/aromatic N) is 2. The zero-order valence-corrected chi connectivity index (χ0v) is 19.4. The second kappa shape index (κ2) is 11.6. The Balaban J connectivity index is 1.62. The largest absolute Gasteiger partial charge is 0.493 e. The predicted octanol–water partition coefficient (Wildman–Crippen LogP) is 4.14. The molecule has 0 heterocycles. The first-order chi connectivity index (χ1) is 16.4. The van der Waals surface area contributed by atoms with Gasteiger partial charge in [0, 0.05) is 11.3 Å². The van der Waals surface area contributed by atoms with Gasteiger partial charge in [0.15, 0.2) is 11.5 Å². The average Bonchev–Trinajstić information content (AvgIpc) is 2.84. The highest BCUT2D eigenvalue weighted by molar-refractivity contribution is 9.10. The number of hydrazone groups is 1. The molecule has 0 unspecified atom stereocenters. The molecule has 34 heavy (non-hydrogen) atoms. The number of hydrogen-bond acceptors (Lipinski definition) is 6. The van der Waals surface area contributed by atoms with Crippen molar-refractivity contribution in [3.8, 4) is 17.6 Å². The number of halogens is 2. The van der Waals surface area contributed by atoms with Crippen molar-refractivity contribution in [2.45, 2.75) is 6.61 Å². The summed E-state index contributed by atoms with van der Waals surface area (Å²) in [7, 11) is 1.45. The Morgan fingerprint density at radius 2 is 1.88 bits per heavy atom. The number of rotatable bonds is 7. The first kappa shape index (κ1) is 24.4. The lowest BCUT2D eigenvalue weighted by Gasteiger charge is -2.14. The molecule has 3 aromatic carbocycles. The lowest BCUT2D eigenvalue weighted by molar-refractivity contribution is -0.136. The monoisotopic (exact) mass is 524 g/mol. The van der Waals surface area contributed by atoms with Crippen molar-refractivity contribution >= 4 is 39.6 Å². The van der Waals surface area contributed by atoms with Gasteiger partial charge in [-0.25, -0.2) is 9.82 Å². The van der Waals surface area contributed by atoms with Crippen molar-refractivity contribution in [3.63, 3.8) is 0 Å². The van der Waals surface area contributed by atoms with Gasteiger partial charge in [0.2, 0.25) is 0 Å². The van der Waals surface area contributed by atoms with Gasteiger partial charge in [-0.05, 0) is 64.0 Å². The zero-order valence-electron chi connectivity index (χ0n) is 17.8. The third-order valence-electron chi connectivity index (χ3n) is 4.44. The Hall–Kier alpha value is -4.23. The Bertz CT molecular complexity index is 1270. The molecule has 2 N–H and O–H groups in total. The molecule has 0 spiro atoms. The maximum atomic E-state index is 13.8. The fourth-order valence-electron chi connectivity index (χ4n) is 2.75. The van der Waals surface area contributed by atoms with Crippen LogP contribution < -0.4 is 20.2 Å². The van der Waals surface area contributed by atoms with Crippen LogP contribution in [0.25, 0.3) is 0 Å². The topological polar surface area (TPSA) is 113 Å². The molecule has 0 atom stereocenters. The SMILES string of the molecule is COc1cc(/C=N/NC(=O)C(=O)Nc2ccc(C#N)cc2)cc(Br)c1OCc1ccccc1F. The smallest absolute Gasteiger partial charge is 0.329 e. The van der Waals surface area contributed by atoms with E-state index in [0.717, 1.165) is 0 Å². The Labute approximate surface area is 203 Å². The van der Waals surface area contributed by atoms with Gasteiger partial charge in [-0.2, -0.15) is 10.4 Å². The second-order valence-corrected chi connectivity index (χ2v) is 7.61. The highest BCUT2D eigenvalue weighted by Crippen LogP contribution is 2.37. The van der Waals surface area contributed by atoms with Gasteiger partial charge in [-0.1, -0.05) is 18.2 Å². The zero-order chi connectivity index (χ0) is 24.5. The van der Waals surface area contributed by atoms with Gasteiger partial charge in [-0.3, -0.25) is 9.59 Å². The van der Waals surface area contributed by atoms with Crippen LogP contribution in [0.1, 0.15) is 16.7 Å². The van der Waals surface area contributed by atoms with Gasteiger partial charge < -0.3 is 14.8 Å². The molecule has 0 aliphatic carbocycles. The van der Waals surface area contributed by atoms with E-state index in [1.807, 2.05) is 6.07 Å². The molecule has 3 rings (SSSR count). The van der Waals surface area contributed by atoms with Crippen LogP contribution >= 0.6 is 15.9 Å². The summed E-state index contributed by atoms with van der Waals surface area (Å²) in [6.07, 6.45) is 1.32. The van der Waals surface area contributed by atoms with E-state index < -0.39 is 11.8 Å². The van der Waals surface area contributed by atoms with Gasteiger partial charge in [0.05, 0.1) is 29.4 Å². The Kier molecular flexibility index (Phi) is 8.32. The number of ether oxygens (including phenoxy) is 2. The van der Waals surface area contributed by atoms with E-state index in [2.05, 4.69) is 31.8 Å². The molecule has 0 fully saturated rings. The van der Waals surface area contributed by atoms with E-state index in [9.17, 15) is 14.0 Å². The van der Waals surface area contributed by atoms with Gasteiger partial charge in [-0.15, -0.1) is 0 Å². The van der Waals surface area contributed by atoms with E-state index in [1.165, 1.54) is 43.7 Å². The summed E-state index contributed by atoms with van der Waals surface area (Å²) < 4.78 is 25.4. The highest BCUT2D eigenvalue weighted by Gasteiger charge is 2.14. The summed E-state index contributed by atoms with van der Waals surface area (Å²) in [6, 6.07) is 17.5. The first-order valence-corrected chi connectivity index (χ1v) is 10.6. The highest BCUT2D eigenvalue weighted by atomic mass is 79.9. The van der Waals surface area contributed by atoms with Crippen LogP contribution in [-0.4, -0.2) is 25.1 Å². The summed E-state index contributed by atoms with van der Waals surface area (Å²) in [4.78, 5) is 24.0. The number of carbonyl (C=O) groups is 2. The fraction of sp³-hybridized carbons (Fsp3) is 0.0833. The van der Waals surface area contributed by atoms with Crippen LogP contribution in [0.3, 0.4) is 0 Å². The minimum Gasteiger partial charge on any atom is -0.493 e. The molecule has 8 nitrogen and oxygen atoms in total. The van der Waals surface area contributed by atoms with E-state index in [0.29, 0.717) is 38.3 Å². The van der Waals surface area contributed by atoms with Crippen LogP contribution in [0.2, 0.25) is 0 Å². The van der Waals surface area contributed by atoms with Gasteiger partial charge in [0.1, 0.15) is 12.4 Å². The molecule has 3 aromatic rings. The summed E-state index contributed by atoms with van der Waals surface area (Å²) in [5.41, 5.74) is 3.86. The van der Waals surface area contributed by atoms with Crippen molar-refractivity contribution in [2.24, 2.45) is 5.10 Å². The molecule has 0 aliphatic rings. The predicted molar refractivity (Wildman–Crippen MR) is 127 cm³/mol. The third-order valence-corrected chi connectivity index (χ3v) is 5.03. The molecule has 2 amide bonds. The molecule has 0 saturated heterocycles. The molecule has 172 valence electrons. The molecular formula is C24H18BrFN4O4. The number of nitriles is 1. The van der Waals surface area contributed by atoms with E-state index in [4.69, 9.17) is 14.7 Å². The standard InChI is InChI=1S/C24H18BrFN4O4/c1-33-21-11-16(10-19(25)22(21)34-14-17-4-2-3-5-20(17)26)13-28-30-24(32)23(31)29-18-8-6-15(12-27)7-9-18/h2-11,13H,14H2,1H3,(H,29,31)(H,30,32)/b28-13+.